The Morgan fingerprint density at radius 1 is 1.08 bits per heavy atom. The molecule has 74 valence electrons. The summed E-state index contributed by atoms with van der Waals surface area (Å²) < 4.78 is 2.16. The molecule has 1 aromatic rings. The lowest BCUT2D eigenvalue weighted by Gasteiger charge is -2.22. The van der Waals surface area contributed by atoms with Crippen molar-refractivity contribution in [1.29, 1.82) is 0 Å². The van der Waals surface area contributed by atoms with Gasteiger partial charge in [-0.3, -0.25) is 4.68 Å². The fourth-order valence-electron chi connectivity index (χ4n) is 1.22. The van der Waals surface area contributed by atoms with Crippen molar-refractivity contribution in [1.82, 2.24) is 4.68 Å². The molecule has 0 aliphatic heterocycles. The first-order chi connectivity index (χ1) is 6.02. The van der Waals surface area contributed by atoms with E-state index < -0.39 is 0 Å². The highest BCUT2D eigenvalue weighted by Crippen LogP contribution is 2.08. The summed E-state index contributed by atoms with van der Waals surface area (Å²) >= 11 is 0. The molecule has 0 amide bonds. The molecule has 0 aliphatic carbocycles. The zero-order valence-corrected chi connectivity index (χ0v) is 9.26. The summed E-state index contributed by atoms with van der Waals surface area (Å²) in [5.41, 5.74) is 6.01. The molecule has 2 heteroatoms. The molecule has 1 rings (SSSR count). The van der Waals surface area contributed by atoms with Gasteiger partial charge in [-0.05, 0) is 38.8 Å². The van der Waals surface area contributed by atoms with Crippen LogP contribution in [0.4, 0.5) is 0 Å². The van der Waals surface area contributed by atoms with Gasteiger partial charge in [0.15, 0.2) is 0 Å². The predicted octanol–water partition coefficient (Wildman–Crippen LogP) is 2.69. The summed E-state index contributed by atoms with van der Waals surface area (Å²) in [5.74, 6) is 0.654. The molecule has 0 fully saturated rings. The number of rotatable bonds is 3. The minimum atomic E-state index is 0.504. The van der Waals surface area contributed by atoms with Crippen molar-refractivity contribution >= 4 is 0 Å². The molecule has 0 aliphatic rings. The Morgan fingerprint density at radius 2 is 1.54 bits per heavy atom. The molecule has 1 aromatic heterocycles. The molecule has 1 N–H and O–H groups in total. The van der Waals surface area contributed by atoms with Gasteiger partial charge in [-0.15, -0.1) is 0 Å². The van der Waals surface area contributed by atoms with Crippen molar-refractivity contribution < 1.29 is 0 Å². The van der Waals surface area contributed by atoms with Crippen molar-refractivity contribution in [3.8, 4) is 0 Å². The zero-order chi connectivity index (χ0) is 10.0. The van der Waals surface area contributed by atoms with Gasteiger partial charge in [0, 0.05) is 17.4 Å². The summed E-state index contributed by atoms with van der Waals surface area (Å²) in [5, 5.41) is 0. The first-order valence-corrected chi connectivity index (χ1v) is 4.94. The average Bonchev–Trinajstić information content (AvgIpc) is 2.35. The van der Waals surface area contributed by atoms with E-state index in [-0.39, 0.29) is 0 Å². The van der Waals surface area contributed by atoms with Gasteiger partial charge in [-0.1, -0.05) is 13.8 Å². The van der Waals surface area contributed by atoms with E-state index in [2.05, 4.69) is 56.9 Å². The van der Waals surface area contributed by atoms with Gasteiger partial charge in [0.25, 0.3) is 0 Å². The van der Waals surface area contributed by atoms with E-state index in [4.69, 9.17) is 0 Å². The van der Waals surface area contributed by atoms with Crippen LogP contribution in [-0.4, -0.2) is 10.7 Å². The van der Waals surface area contributed by atoms with Crippen molar-refractivity contribution in [2.75, 3.05) is 5.43 Å². The highest BCUT2D eigenvalue weighted by molar-refractivity contribution is 5.15. The van der Waals surface area contributed by atoms with Crippen LogP contribution in [0.3, 0.4) is 0 Å². The molecule has 0 spiro atoms. The van der Waals surface area contributed by atoms with Gasteiger partial charge in [0.05, 0.1) is 0 Å². The standard InChI is InChI=1S/C11H20N2/c1-8(2)11(5)12-13-9(3)6-7-10(13)4/h6-8,11-12H,1-5H3. The molecule has 0 bridgehead atoms. The third-order valence-electron chi connectivity index (χ3n) is 2.60. The topological polar surface area (TPSA) is 17.0 Å². The Kier molecular flexibility index (Phi) is 3.02. The van der Waals surface area contributed by atoms with Gasteiger partial charge in [0.1, 0.15) is 0 Å². The average molecular weight is 180 g/mol. The Hall–Kier alpha value is -0.920. The Bertz CT molecular complexity index is 254. The molecule has 0 saturated carbocycles. The van der Waals surface area contributed by atoms with Crippen molar-refractivity contribution in [2.24, 2.45) is 5.92 Å². The molecule has 1 atom stereocenters. The van der Waals surface area contributed by atoms with Crippen LogP contribution in [0.5, 0.6) is 0 Å². The van der Waals surface area contributed by atoms with Crippen LogP contribution in [0.25, 0.3) is 0 Å². The van der Waals surface area contributed by atoms with Crippen LogP contribution in [0, 0.1) is 19.8 Å². The number of aromatic nitrogens is 1. The van der Waals surface area contributed by atoms with Crippen LogP contribution in [0.15, 0.2) is 12.1 Å². The van der Waals surface area contributed by atoms with E-state index >= 15 is 0 Å². The lowest BCUT2D eigenvalue weighted by atomic mass is 10.1. The highest BCUT2D eigenvalue weighted by atomic mass is 15.4. The normalized spacial score (nSPS) is 13.4. The third-order valence-corrected chi connectivity index (χ3v) is 2.60. The van der Waals surface area contributed by atoms with Gasteiger partial charge in [-0.25, -0.2) is 0 Å². The van der Waals surface area contributed by atoms with Gasteiger partial charge < -0.3 is 5.43 Å². The lowest BCUT2D eigenvalue weighted by molar-refractivity contribution is 0.512. The fourth-order valence-corrected chi connectivity index (χ4v) is 1.22. The SMILES string of the molecule is Cc1ccc(C)n1NC(C)C(C)C. The van der Waals surface area contributed by atoms with Crippen molar-refractivity contribution in [3.05, 3.63) is 23.5 Å². The van der Waals surface area contributed by atoms with E-state index in [9.17, 15) is 0 Å². The minimum Gasteiger partial charge on any atom is -0.323 e. The molecule has 0 aromatic carbocycles. The van der Waals surface area contributed by atoms with Gasteiger partial charge in [0.2, 0.25) is 0 Å². The quantitative estimate of drug-likeness (QED) is 0.756. The molecular weight excluding hydrogens is 160 g/mol. The number of nitrogens with zero attached hydrogens (tertiary/aromatic N) is 1. The molecule has 1 unspecified atom stereocenters. The lowest BCUT2D eigenvalue weighted by Crippen LogP contribution is -2.30. The predicted molar refractivity (Wildman–Crippen MR) is 57.6 cm³/mol. The third kappa shape index (κ3) is 2.27. The van der Waals surface area contributed by atoms with E-state index in [1.807, 2.05) is 0 Å². The van der Waals surface area contributed by atoms with Crippen molar-refractivity contribution in [3.63, 3.8) is 0 Å². The van der Waals surface area contributed by atoms with Gasteiger partial charge in [-0.2, -0.15) is 0 Å². The molecule has 0 saturated heterocycles. The second-order valence-corrected chi connectivity index (χ2v) is 4.11. The van der Waals surface area contributed by atoms with Crippen LogP contribution in [-0.2, 0) is 0 Å². The maximum Gasteiger partial charge on any atom is 0.0419 e. The summed E-state index contributed by atoms with van der Waals surface area (Å²) in [7, 11) is 0. The first kappa shape index (κ1) is 10.2. The minimum absolute atomic E-state index is 0.504. The Morgan fingerprint density at radius 3 is 1.92 bits per heavy atom. The summed E-state index contributed by atoms with van der Waals surface area (Å²) in [6.45, 7) is 10.9. The number of hydrogen-bond donors (Lipinski definition) is 1. The fraction of sp³-hybridized carbons (Fsp3) is 0.636. The molecular formula is C11H20N2. The van der Waals surface area contributed by atoms with Crippen LogP contribution in [0.1, 0.15) is 32.2 Å². The summed E-state index contributed by atoms with van der Waals surface area (Å²) in [6, 6.07) is 4.77. The van der Waals surface area contributed by atoms with Crippen LogP contribution >= 0.6 is 0 Å². The van der Waals surface area contributed by atoms with Crippen LogP contribution < -0.4 is 5.43 Å². The number of hydrogen-bond acceptors (Lipinski definition) is 1. The van der Waals surface area contributed by atoms with E-state index in [1.165, 1.54) is 11.4 Å². The monoisotopic (exact) mass is 180 g/mol. The molecule has 0 radical (unpaired) electrons. The Balaban J connectivity index is 2.73. The second kappa shape index (κ2) is 3.86. The number of nitrogens with one attached hydrogen (secondary N) is 1. The number of aryl methyl sites for hydroxylation is 2. The molecule has 2 nitrogen and oxygen atoms in total. The maximum atomic E-state index is 3.47. The summed E-state index contributed by atoms with van der Waals surface area (Å²) in [4.78, 5) is 0. The van der Waals surface area contributed by atoms with Crippen LogP contribution in [0.2, 0.25) is 0 Å². The molecule has 1 heterocycles. The van der Waals surface area contributed by atoms with Gasteiger partial charge >= 0.3 is 0 Å². The zero-order valence-electron chi connectivity index (χ0n) is 9.26. The first-order valence-electron chi connectivity index (χ1n) is 4.94. The van der Waals surface area contributed by atoms with E-state index in [1.54, 1.807) is 0 Å². The maximum absolute atomic E-state index is 3.47. The second-order valence-electron chi connectivity index (χ2n) is 4.11. The van der Waals surface area contributed by atoms with E-state index in [0.29, 0.717) is 12.0 Å². The van der Waals surface area contributed by atoms with Crippen molar-refractivity contribution in [2.45, 2.75) is 40.7 Å². The smallest absolute Gasteiger partial charge is 0.0419 e. The Labute approximate surface area is 80.9 Å². The van der Waals surface area contributed by atoms with E-state index in [0.717, 1.165) is 0 Å². The summed E-state index contributed by atoms with van der Waals surface area (Å²) in [6.07, 6.45) is 0. The highest BCUT2D eigenvalue weighted by Gasteiger charge is 2.08. The largest absolute Gasteiger partial charge is 0.323 e. The molecule has 13 heavy (non-hydrogen) atoms.